The van der Waals surface area contributed by atoms with E-state index in [0.717, 1.165) is 17.7 Å². The van der Waals surface area contributed by atoms with Gasteiger partial charge in [0.1, 0.15) is 5.15 Å². The highest BCUT2D eigenvalue weighted by molar-refractivity contribution is 6.29. The summed E-state index contributed by atoms with van der Waals surface area (Å²) in [5, 5.41) is 10.3. The molecule has 1 aromatic heterocycles. The van der Waals surface area contributed by atoms with E-state index in [9.17, 15) is 5.11 Å². The Morgan fingerprint density at radius 1 is 1.57 bits per heavy atom. The van der Waals surface area contributed by atoms with Crippen LogP contribution < -0.4 is 5.73 Å². The fourth-order valence-corrected chi connectivity index (χ4v) is 1.50. The second kappa shape index (κ2) is 4.73. The molecule has 0 unspecified atom stereocenters. The molecule has 0 amide bonds. The largest absolute Gasteiger partial charge is 0.387 e. The summed E-state index contributed by atoms with van der Waals surface area (Å²) in [6.45, 7) is 3.75. The molecule has 2 atom stereocenters. The number of nitrogens with two attached hydrogens (primary N) is 1. The van der Waals surface area contributed by atoms with E-state index in [1.165, 1.54) is 0 Å². The number of aryl methyl sites for hydroxylation is 1. The lowest BCUT2D eigenvalue weighted by atomic mass is 10.0. The van der Waals surface area contributed by atoms with Gasteiger partial charge in [0, 0.05) is 17.3 Å². The summed E-state index contributed by atoms with van der Waals surface area (Å²) in [6.07, 6.45) is 0.0632. The molecule has 0 saturated carbocycles. The third-order valence-electron chi connectivity index (χ3n) is 2.29. The Labute approximate surface area is 88.9 Å². The smallest absolute Gasteiger partial charge is 0.129 e. The Bertz CT molecular complexity index is 317. The van der Waals surface area contributed by atoms with Crippen molar-refractivity contribution < 1.29 is 5.11 Å². The molecule has 1 heterocycles. The maximum Gasteiger partial charge on any atom is 0.129 e. The number of hydrogen-bond acceptors (Lipinski definition) is 3. The summed E-state index contributed by atoms with van der Waals surface area (Å²) in [5.41, 5.74) is 7.23. The van der Waals surface area contributed by atoms with Gasteiger partial charge in [-0.15, -0.1) is 0 Å². The Balaban J connectivity index is 2.95. The molecule has 0 aliphatic carbocycles. The van der Waals surface area contributed by atoms with Gasteiger partial charge in [-0.1, -0.05) is 24.6 Å². The Morgan fingerprint density at radius 2 is 2.21 bits per heavy atom. The first-order valence-electron chi connectivity index (χ1n) is 4.63. The molecule has 3 N–H and O–H groups in total. The lowest BCUT2D eigenvalue weighted by Crippen LogP contribution is -2.28. The van der Waals surface area contributed by atoms with Crippen LogP contribution >= 0.6 is 11.6 Å². The highest BCUT2D eigenvalue weighted by atomic mass is 35.5. The monoisotopic (exact) mass is 214 g/mol. The van der Waals surface area contributed by atoms with E-state index < -0.39 is 6.10 Å². The molecular weight excluding hydrogens is 200 g/mol. The summed E-state index contributed by atoms with van der Waals surface area (Å²) < 4.78 is 0. The first-order chi connectivity index (χ1) is 6.56. The SMILES string of the molecule is CC[C@H](N)[C@@H](O)c1ccc(Cl)nc1C. The lowest BCUT2D eigenvalue weighted by molar-refractivity contribution is 0.143. The topological polar surface area (TPSA) is 59.1 Å². The van der Waals surface area contributed by atoms with Gasteiger partial charge in [-0.2, -0.15) is 0 Å². The van der Waals surface area contributed by atoms with E-state index in [1.54, 1.807) is 12.1 Å². The molecule has 0 saturated heterocycles. The average Bonchev–Trinajstić information content (AvgIpc) is 2.15. The number of halogens is 1. The number of hydrogen-bond donors (Lipinski definition) is 2. The van der Waals surface area contributed by atoms with Crippen molar-refractivity contribution in [3.63, 3.8) is 0 Å². The first-order valence-corrected chi connectivity index (χ1v) is 5.00. The molecule has 0 aliphatic heterocycles. The van der Waals surface area contributed by atoms with Crippen molar-refractivity contribution >= 4 is 11.6 Å². The standard InChI is InChI=1S/C10H15ClN2O/c1-3-8(12)10(14)7-4-5-9(11)13-6(7)2/h4-5,8,10,14H,3,12H2,1-2H3/t8-,10-/m0/s1. The van der Waals surface area contributed by atoms with E-state index in [2.05, 4.69) is 4.98 Å². The maximum atomic E-state index is 9.85. The van der Waals surface area contributed by atoms with Gasteiger partial charge in [-0.3, -0.25) is 0 Å². The van der Waals surface area contributed by atoms with Gasteiger partial charge in [-0.05, 0) is 19.4 Å². The van der Waals surface area contributed by atoms with Crippen LogP contribution in [-0.2, 0) is 0 Å². The number of aliphatic hydroxyl groups excluding tert-OH is 1. The van der Waals surface area contributed by atoms with Crippen LogP contribution in [0.2, 0.25) is 5.15 Å². The third-order valence-corrected chi connectivity index (χ3v) is 2.50. The Kier molecular flexibility index (Phi) is 3.86. The number of nitrogens with zero attached hydrogens (tertiary/aromatic N) is 1. The van der Waals surface area contributed by atoms with Crippen LogP contribution in [0.3, 0.4) is 0 Å². The molecule has 0 aromatic carbocycles. The molecule has 0 radical (unpaired) electrons. The highest BCUT2D eigenvalue weighted by Crippen LogP contribution is 2.21. The van der Waals surface area contributed by atoms with E-state index in [1.807, 2.05) is 13.8 Å². The lowest BCUT2D eigenvalue weighted by Gasteiger charge is -2.18. The predicted octanol–water partition coefficient (Wildman–Crippen LogP) is 1.81. The van der Waals surface area contributed by atoms with Crippen molar-refractivity contribution in [3.05, 3.63) is 28.5 Å². The van der Waals surface area contributed by atoms with E-state index in [-0.39, 0.29) is 6.04 Å². The van der Waals surface area contributed by atoms with Crippen molar-refractivity contribution in [1.29, 1.82) is 0 Å². The van der Waals surface area contributed by atoms with Crippen LogP contribution in [-0.4, -0.2) is 16.1 Å². The fourth-order valence-electron chi connectivity index (χ4n) is 1.31. The van der Waals surface area contributed by atoms with E-state index >= 15 is 0 Å². The minimum absolute atomic E-state index is 0.253. The molecule has 3 nitrogen and oxygen atoms in total. The molecule has 1 rings (SSSR count). The quantitative estimate of drug-likeness (QED) is 0.755. The average molecular weight is 215 g/mol. The van der Waals surface area contributed by atoms with Crippen LogP contribution in [0.15, 0.2) is 12.1 Å². The van der Waals surface area contributed by atoms with Gasteiger partial charge in [0.15, 0.2) is 0 Å². The number of rotatable bonds is 3. The van der Waals surface area contributed by atoms with Crippen LogP contribution in [0.1, 0.15) is 30.7 Å². The maximum absolute atomic E-state index is 9.85. The minimum atomic E-state index is -0.662. The summed E-state index contributed by atoms with van der Waals surface area (Å²) in [7, 11) is 0. The molecule has 0 aliphatic rings. The van der Waals surface area contributed by atoms with Gasteiger partial charge in [0.2, 0.25) is 0 Å². The Morgan fingerprint density at radius 3 is 2.71 bits per heavy atom. The second-order valence-electron chi connectivity index (χ2n) is 3.33. The molecule has 78 valence electrons. The van der Waals surface area contributed by atoms with Crippen molar-refractivity contribution in [3.8, 4) is 0 Å². The van der Waals surface area contributed by atoms with Crippen LogP contribution in [0.4, 0.5) is 0 Å². The van der Waals surface area contributed by atoms with Crippen molar-refractivity contribution in [2.24, 2.45) is 5.73 Å². The Hall–Kier alpha value is -0.640. The molecular formula is C10H15ClN2O. The predicted molar refractivity (Wildman–Crippen MR) is 57.2 cm³/mol. The number of aliphatic hydroxyl groups is 1. The van der Waals surface area contributed by atoms with Gasteiger partial charge < -0.3 is 10.8 Å². The summed E-state index contributed by atoms with van der Waals surface area (Å²) >= 11 is 5.71. The summed E-state index contributed by atoms with van der Waals surface area (Å²) in [6, 6.07) is 3.18. The molecule has 1 aromatic rings. The van der Waals surface area contributed by atoms with Crippen LogP contribution in [0, 0.1) is 6.92 Å². The van der Waals surface area contributed by atoms with Crippen LogP contribution in [0.5, 0.6) is 0 Å². The summed E-state index contributed by atoms with van der Waals surface area (Å²) in [5.74, 6) is 0. The molecule has 0 fully saturated rings. The second-order valence-corrected chi connectivity index (χ2v) is 3.71. The van der Waals surface area contributed by atoms with Gasteiger partial charge in [0.25, 0.3) is 0 Å². The third kappa shape index (κ3) is 2.44. The number of pyridine rings is 1. The zero-order valence-electron chi connectivity index (χ0n) is 8.37. The van der Waals surface area contributed by atoms with Crippen molar-refractivity contribution in [2.45, 2.75) is 32.4 Å². The van der Waals surface area contributed by atoms with E-state index in [4.69, 9.17) is 17.3 Å². The first kappa shape index (κ1) is 11.4. The van der Waals surface area contributed by atoms with Gasteiger partial charge in [0.05, 0.1) is 6.10 Å². The van der Waals surface area contributed by atoms with Crippen LogP contribution in [0.25, 0.3) is 0 Å². The molecule has 14 heavy (non-hydrogen) atoms. The normalized spacial score (nSPS) is 15.2. The minimum Gasteiger partial charge on any atom is -0.387 e. The highest BCUT2D eigenvalue weighted by Gasteiger charge is 2.17. The zero-order valence-corrected chi connectivity index (χ0v) is 9.12. The van der Waals surface area contributed by atoms with Crippen molar-refractivity contribution in [1.82, 2.24) is 4.98 Å². The van der Waals surface area contributed by atoms with E-state index in [0.29, 0.717) is 5.15 Å². The van der Waals surface area contributed by atoms with Gasteiger partial charge in [-0.25, -0.2) is 4.98 Å². The molecule has 0 spiro atoms. The molecule has 0 bridgehead atoms. The molecule has 4 heteroatoms. The summed E-state index contributed by atoms with van der Waals surface area (Å²) in [4.78, 5) is 4.06. The van der Waals surface area contributed by atoms with Crippen molar-refractivity contribution in [2.75, 3.05) is 0 Å². The number of aromatic nitrogens is 1. The fraction of sp³-hybridized carbons (Fsp3) is 0.500. The zero-order chi connectivity index (χ0) is 10.7. The van der Waals surface area contributed by atoms with Gasteiger partial charge >= 0.3 is 0 Å².